The topological polar surface area (TPSA) is 35.2 Å². The van der Waals surface area contributed by atoms with Crippen LogP contribution in [0.4, 0.5) is 0 Å². The average Bonchev–Trinajstić information content (AvgIpc) is 3.69. The molecule has 1 aliphatic carbocycles. The van der Waals surface area contributed by atoms with E-state index in [1.165, 1.54) is 49.2 Å². The zero-order chi connectivity index (χ0) is 26.2. The number of nitrogens with zero attached hydrogens (tertiary/aromatic N) is 2. The predicted octanol–water partition coefficient (Wildman–Crippen LogP) is 8.63. The van der Waals surface area contributed by atoms with E-state index in [0.717, 1.165) is 23.5 Å². The highest BCUT2D eigenvalue weighted by molar-refractivity contribution is 6.15. The first kappa shape index (κ1) is 21.8. The largest absolute Gasteiger partial charge is 0.471 e. The molecule has 0 N–H and O–H groups in total. The van der Waals surface area contributed by atoms with Crippen LogP contribution in [0.15, 0.2) is 126 Å². The van der Waals surface area contributed by atoms with Crippen molar-refractivity contribution < 1.29 is 9.47 Å². The van der Waals surface area contributed by atoms with Gasteiger partial charge in [0.05, 0.1) is 16.6 Å². The molecule has 0 radical (unpaired) electrons. The Balaban J connectivity index is 1.12. The van der Waals surface area contributed by atoms with Crippen LogP contribution in [-0.2, 0) is 11.2 Å². The number of aliphatic imine (C=N–C) groups is 1. The molecule has 2 aliphatic rings. The van der Waals surface area contributed by atoms with Crippen molar-refractivity contribution in [2.45, 2.75) is 18.6 Å². The summed E-state index contributed by atoms with van der Waals surface area (Å²) in [6.07, 6.45) is 0.978. The Morgan fingerprint density at radius 1 is 0.650 bits per heavy atom. The summed E-state index contributed by atoms with van der Waals surface area (Å²) in [6.45, 7) is 0. The van der Waals surface area contributed by atoms with E-state index in [1.807, 2.05) is 24.3 Å². The van der Waals surface area contributed by atoms with Crippen molar-refractivity contribution >= 4 is 44.0 Å². The Bertz CT molecular complexity index is 2170. The highest BCUT2D eigenvalue weighted by Crippen LogP contribution is 2.41. The molecular weight excluding hydrogens is 492 g/mol. The second-order valence-electron chi connectivity index (χ2n) is 10.7. The number of para-hydroxylation sites is 2. The molecule has 0 saturated heterocycles. The summed E-state index contributed by atoms with van der Waals surface area (Å²) >= 11 is 0. The molecule has 3 heterocycles. The maximum absolute atomic E-state index is 6.45. The molecule has 0 saturated carbocycles. The first-order chi connectivity index (χ1) is 19.8. The first-order valence-electron chi connectivity index (χ1n) is 13.8. The van der Waals surface area contributed by atoms with Gasteiger partial charge in [-0.25, -0.2) is 4.99 Å². The second kappa shape index (κ2) is 8.20. The van der Waals surface area contributed by atoms with Crippen LogP contribution >= 0.6 is 0 Å². The maximum Gasteiger partial charge on any atom is 0.217 e. The molecule has 0 bridgehead atoms. The molecule has 1 aliphatic heterocycles. The van der Waals surface area contributed by atoms with E-state index in [1.54, 1.807) is 0 Å². The van der Waals surface area contributed by atoms with Gasteiger partial charge in [0.1, 0.15) is 23.6 Å². The third kappa shape index (κ3) is 3.16. The Hall–Kier alpha value is -5.09. The van der Waals surface area contributed by atoms with Crippen LogP contribution < -0.4 is 4.74 Å². The Morgan fingerprint density at radius 3 is 2.45 bits per heavy atom. The molecule has 0 fully saturated rings. The number of hydrogen-bond acceptors (Lipinski definition) is 3. The SMILES string of the molecule is c1cc(Oc2ccc3c4ccccc4n4c5ccccc5cc4c3c2)cc(C2=N[C@H]3c4ccccc4C[C@H]3O2)c1. The quantitative estimate of drug-likeness (QED) is 0.220. The van der Waals surface area contributed by atoms with E-state index in [0.29, 0.717) is 5.90 Å². The van der Waals surface area contributed by atoms with E-state index in [4.69, 9.17) is 14.5 Å². The summed E-state index contributed by atoms with van der Waals surface area (Å²) in [6, 6.07) is 42.5. The number of ether oxygens (including phenoxy) is 2. The lowest BCUT2D eigenvalue weighted by atomic mass is 10.0. The lowest BCUT2D eigenvalue weighted by Gasteiger charge is -2.13. The van der Waals surface area contributed by atoms with Gasteiger partial charge < -0.3 is 13.9 Å². The Labute approximate surface area is 230 Å². The lowest BCUT2D eigenvalue weighted by Crippen LogP contribution is -2.13. The first-order valence-corrected chi connectivity index (χ1v) is 13.8. The Kier molecular flexibility index (Phi) is 4.47. The summed E-state index contributed by atoms with van der Waals surface area (Å²) in [5.74, 6) is 2.26. The number of benzene rings is 5. The molecule has 2 atom stereocenters. The highest BCUT2D eigenvalue weighted by atomic mass is 16.5. The van der Waals surface area contributed by atoms with E-state index in [9.17, 15) is 0 Å². The number of rotatable bonds is 3. The molecule has 2 aromatic heterocycles. The predicted molar refractivity (Wildman–Crippen MR) is 161 cm³/mol. The molecule has 190 valence electrons. The van der Waals surface area contributed by atoms with Crippen molar-refractivity contribution in [3.63, 3.8) is 0 Å². The van der Waals surface area contributed by atoms with Crippen LogP contribution in [-0.4, -0.2) is 16.4 Å². The minimum Gasteiger partial charge on any atom is -0.471 e. The van der Waals surface area contributed by atoms with Crippen LogP contribution in [0.1, 0.15) is 22.7 Å². The fourth-order valence-electron chi connectivity index (χ4n) is 6.61. The van der Waals surface area contributed by atoms with Gasteiger partial charge in [-0.1, -0.05) is 66.7 Å². The van der Waals surface area contributed by atoms with Crippen molar-refractivity contribution in [1.29, 1.82) is 0 Å². The van der Waals surface area contributed by atoms with Crippen LogP contribution in [0.5, 0.6) is 11.5 Å². The number of aromatic nitrogens is 1. The van der Waals surface area contributed by atoms with Crippen molar-refractivity contribution in [3.05, 3.63) is 138 Å². The molecule has 4 nitrogen and oxygen atoms in total. The van der Waals surface area contributed by atoms with Crippen LogP contribution in [0.2, 0.25) is 0 Å². The van der Waals surface area contributed by atoms with Crippen LogP contribution in [0, 0.1) is 0 Å². The van der Waals surface area contributed by atoms with Crippen molar-refractivity contribution in [2.75, 3.05) is 0 Å². The standard InChI is InChI=1S/C36H24N2O2/c1-3-12-27-22(8-1)20-34-35(27)37-36(40-34)24-10-7-11-25(18-24)39-26-16-17-28-29-13-4-6-15-32(29)38-31-14-5-2-9-23(31)19-33(38)30(28)21-26/h1-19,21,34-35H,20H2/t34-,35+/m1/s1. The van der Waals surface area contributed by atoms with Crippen LogP contribution in [0.3, 0.4) is 0 Å². The molecule has 5 aromatic carbocycles. The highest BCUT2D eigenvalue weighted by Gasteiger charge is 2.39. The van der Waals surface area contributed by atoms with Crippen molar-refractivity contribution in [2.24, 2.45) is 4.99 Å². The zero-order valence-corrected chi connectivity index (χ0v) is 21.6. The number of hydrogen-bond donors (Lipinski definition) is 0. The second-order valence-corrected chi connectivity index (χ2v) is 10.7. The van der Waals surface area contributed by atoms with Gasteiger partial charge in [0.15, 0.2) is 0 Å². The summed E-state index contributed by atoms with van der Waals surface area (Å²) in [4.78, 5) is 4.97. The van der Waals surface area contributed by atoms with Crippen LogP contribution in [0.25, 0.3) is 38.1 Å². The van der Waals surface area contributed by atoms with E-state index < -0.39 is 0 Å². The van der Waals surface area contributed by atoms with E-state index >= 15 is 0 Å². The van der Waals surface area contributed by atoms with E-state index in [2.05, 4.69) is 101 Å². The van der Waals surface area contributed by atoms with Gasteiger partial charge in [-0.15, -0.1) is 0 Å². The minimum absolute atomic E-state index is 0.0750. The molecule has 0 spiro atoms. The summed E-state index contributed by atoms with van der Waals surface area (Å²) < 4.78 is 15.1. The number of pyridine rings is 1. The van der Waals surface area contributed by atoms with Gasteiger partial charge in [-0.05, 0) is 71.1 Å². The average molecular weight is 517 g/mol. The molecule has 7 aromatic rings. The molecule has 40 heavy (non-hydrogen) atoms. The molecule has 4 heteroatoms. The van der Waals surface area contributed by atoms with Gasteiger partial charge >= 0.3 is 0 Å². The van der Waals surface area contributed by atoms with Crippen molar-refractivity contribution in [3.8, 4) is 11.5 Å². The number of fused-ring (bicyclic) bond motifs is 11. The summed E-state index contributed by atoms with van der Waals surface area (Å²) in [5.41, 5.74) is 7.15. The normalized spacial score (nSPS) is 17.8. The monoisotopic (exact) mass is 516 g/mol. The Morgan fingerprint density at radius 2 is 1.48 bits per heavy atom. The van der Waals surface area contributed by atoms with Gasteiger partial charge in [-0.3, -0.25) is 0 Å². The van der Waals surface area contributed by atoms with Gasteiger partial charge in [0.2, 0.25) is 5.90 Å². The third-order valence-corrected chi connectivity index (χ3v) is 8.40. The van der Waals surface area contributed by atoms with Gasteiger partial charge in [0.25, 0.3) is 0 Å². The lowest BCUT2D eigenvalue weighted by molar-refractivity contribution is 0.206. The smallest absolute Gasteiger partial charge is 0.217 e. The minimum atomic E-state index is 0.0750. The molecule has 0 amide bonds. The molecule has 0 unspecified atom stereocenters. The summed E-state index contributed by atoms with van der Waals surface area (Å²) in [7, 11) is 0. The fourth-order valence-corrected chi connectivity index (χ4v) is 6.61. The summed E-state index contributed by atoms with van der Waals surface area (Å²) in [5, 5.41) is 4.83. The van der Waals surface area contributed by atoms with Gasteiger partial charge in [-0.2, -0.15) is 0 Å². The zero-order valence-electron chi connectivity index (χ0n) is 21.6. The molecule has 9 rings (SSSR count). The fraction of sp³-hybridized carbons (Fsp3) is 0.0833. The maximum atomic E-state index is 6.45. The van der Waals surface area contributed by atoms with Gasteiger partial charge in [0, 0.05) is 28.1 Å². The van der Waals surface area contributed by atoms with Crippen molar-refractivity contribution in [1.82, 2.24) is 4.40 Å². The van der Waals surface area contributed by atoms with E-state index in [-0.39, 0.29) is 12.1 Å². The third-order valence-electron chi connectivity index (χ3n) is 8.40. The molecular formula is C36H24N2O2.